The van der Waals surface area contributed by atoms with Crippen molar-refractivity contribution in [1.29, 1.82) is 5.26 Å². The third kappa shape index (κ3) is 3.30. The number of hydrogen-bond donors (Lipinski definition) is 1. The second-order valence-electron chi connectivity index (χ2n) is 3.35. The Hall–Kier alpha value is -1.91. The fraction of sp³-hybridized carbons (Fsp3) is 0.0909. The van der Waals surface area contributed by atoms with E-state index in [-0.39, 0.29) is 17.2 Å². The molecule has 96 valence electrons. The molecule has 19 heavy (non-hydrogen) atoms. The van der Waals surface area contributed by atoms with Crippen LogP contribution in [0.1, 0.15) is 5.56 Å². The fourth-order valence-corrected chi connectivity index (χ4v) is 1.92. The lowest BCUT2D eigenvalue weighted by Crippen LogP contribution is -2.02. The van der Waals surface area contributed by atoms with Crippen LogP contribution >= 0.6 is 27.5 Å². The monoisotopic (exact) mass is 339 g/mol. The van der Waals surface area contributed by atoms with Gasteiger partial charge in [0, 0.05) is 4.47 Å². The minimum Gasteiger partial charge on any atom is -0.467 e. The molecular weight excluding hydrogens is 334 g/mol. The van der Waals surface area contributed by atoms with Gasteiger partial charge >= 0.3 is 6.01 Å². The zero-order valence-corrected chi connectivity index (χ0v) is 12.0. The number of rotatable bonds is 3. The summed E-state index contributed by atoms with van der Waals surface area (Å²) in [6, 6.07) is 7.25. The topological polar surface area (TPSA) is 83.7 Å². The minimum absolute atomic E-state index is 0.0270. The van der Waals surface area contributed by atoms with Gasteiger partial charge in [0.2, 0.25) is 11.2 Å². The Kier molecular flexibility index (Phi) is 4.14. The largest absolute Gasteiger partial charge is 0.467 e. The maximum atomic E-state index is 8.79. The zero-order chi connectivity index (χ0) is 13.8. The Morgan fingerprint density at radius 1 is 1.37 bits per heavy atom. The molecule has 0 bridgehead atoms. The number of halogens is 2. The molecule has 1 heterocycles. The number of benzene rings is 1. The van der Waals surface area contributed by atoms with Gasteiger partial charge in [0.25, 0.3) is 0 Å². The van der Waals surface area contributed by atoms with Crippen molar-refractivity contribution in [2.45, 2.75) is 0 Å². The quantitative estimate of drug-likeness (QED) is 0.925. The standard InChI is InChI=1S/C11H7BrClN5O/c1-19-11-17-9(13)16-10(18-11)15-8-3-2-6(5-14)4-7(8)12/h2-4H,1H3,(H,15,16,17,18). The normalized spacial score (nSPS) is 9.79. The van der Waals surface area contributed by atoms with E-state index < -0.39 is 0 Å². The average Bonchev–Trinajstić information content (AvgIpc) is 2.40. The van der Waals surface area contributed by atoms with Gasteiger partial charge in [-0.3, -0.25) is 0 Å². The summed E-state index contributed by atoms with van der Waals surface area (Å²) >= 11 is 9.10. The first kappa shape index (κ1) is 13.5. The van der Waals surface area contributed by atoms with E-state index in [0.29, 0.717) is 15.7 Å². The van der Waals surface area contributed by atoms with Crippen LogP contribution < -0.4 is 10.1 Å². The number of aromatic nitrogens is 3. The Morgan fingerprint density at radius 2 is 2.16 bits per heavy atom. The summed E-state index contributed by atoms with van der Waals surface area (Å²) in [6.45, 7) is 0. The third-order valence-corrected chi connectivity index (χ3v) is 2.94. The smallest absolute Gasteiger partial charge is 0.322 e. The maximum absolute atomic E-state index is 8.79. The van der Waals surface area contributed by atoms with Crippen molar-refractivity contribution in [2.24, 2.45) is 0 Å². The highest BCUT2D eigenvalue weighted by molar-refractivity contribution is 9.10. The second kappa shape index (κ2) is 5.82. The van der Waals surface area contributed by atoms with Crippen LogP contribution in [-0.4, -0.2) is 22.1 Å². The van der Waals surface area contributed by atoms with E-state index in [1.807, 2.05) is 6.07 Å². The van der Waals surface area contributed by atoms with Gasteiger partial charge in [-0.25, -0.2) is 0 Å². The molecule has 0 spiro atoms. The van der Waals surface area contributed by atoms with Crippen molar-refractivity contribution in [2.75, 3.05) is 12.4 Å². The molecule has 0 aliphatic heterocycles. The first-order valence-corrected chi connectivity index (χ1v) is 6.21. The Morgan fingerprint density at radius 3 is 2.79 bits per heavy atom. The summed E-state index contributed by atoms with van der Waals surface area (Å²) in [5, 5.41) is 11.8. The van der Waals surface area contributed by atoms with E-state index in [1.165, 1.54) is 7.11 Å². The van der Waals surface area contributed by atoms with Crippen LogP contribution in [0.15, 0.2) is 22.7 Å². The lowest BCUT2D eigenvalue weighted by molar-refractivity contribution is 0.379. The molecule has 1 N–H and O–H groups in total. The Labute approximate surface area is 122 Å². The molecule has 0 saturated carbocycles. The van der Waals surface area contributed by atoms with Gasteiger partial charge in [0.15, 0.2) is 0 Å². The molecule has 0 saturated heterocycles. The number of nitrogens with zero attached hydrogens (tertiary/aromatic N) is 4. The summed E-state index contributed by atoms with van der Waals surface area (Å²) in [5.41, 5.74) is 1.24. The van der Waals surface area contributed by atoms with Gasteiger partial charge in [-0.15, -0.1) is 0 Å². The zero-order valence-electron chi connectivity index (χ0n) is 9.69. The van der Waals surface area contributed by atoms with Crippen molar-refractivity contribution >= 4 is 39.2 Å². The molecule has 8 heteroatoms. The lowest BCUT2D eigenvalue weighted by Gasteiger charge is -2.08. The number of nitrogens with one attached hydrogen (secondary N) is 1. The van der Waals surface area contributed by atoms with E-state index in [9.17, 15) is 0 Å². The van der Waals surface area contributed by atoms with E-state index in [4.69, 9.17) is 21.6 Å². The predicted octanol–water partition coefficient (Wildman–Crippen LogP) is 2.91. The summed E-state index contributed by atoms with van der Waals surface area (Å²) < 4.78 is 5.61. The first-order chi connectivity index (χ1) is 9.12. The molecule has 0 aliphatic carbocycles. The van der Waals surface area contributed by atoms with Gasteiger partial charge in [-0.2, -0.15) is 20.2 Å². The number of ether oxygens (including phenoxy) is 1. The van der Waals surface area contributed by atoms with Crippen molar-refractivity contribution < 1.29 is 4.74 Å². The molecule has 2 aromatic rings. The molecular formula is C11H7BrClN5O. The van der Waals surface area contributed by atoms with Crippen LogP contribution in [0.5, 0.6) is 6.01 Å². The summed E-state index contributed by atoms with van der Waals surface area (Å²) in [6.07, 6.45) is 0. The molecule has 1 aromatic heterocycles. The van der Waals surface area contributed by atoms with Crippen molar-refractivity contribution in [3.8, 4) is 12.1 Å². The molecule has 1 aromatic carbocycles. The van der Waals surface area contributed by atoms with Crippen LogP contribution in [-0.2, 0) is 0 Å². The van der Waals surface area contributed by atoms with E-state index in [0.717, 1.165) is 0 Å². The molecule has 0 unspecified atom stereocenters. The van der Waals surface area contributed by atoms with Crippen LogP contribution in [0.3, 0.4) is 0 Å². The summed E-state index contributed by atoms with van der Waals surface area (Å²) in [5.74, 6) is 0.252. The molecule has 0 amide bonds. The van der Waals surface area contributed by atoms with Crippen LogP contribution in [0, 0.1) is 11.3 Å². The number of hydrogen-bond acceptors (Lipinski definition) is 6. The highest BCUT2D eigenvalue weighted by atomic mass is 79.9. The van der Waals surface area contributed by atoms with Gasteiger partial charge in [0.1, 0.15) is 0 Å². The van der Waals surface area contributed by atoms with E-state index >= 15 is 0 Å². The highest BCUT2D eigenvalue weighted by Gasteiger charge is 2.07. The summed E-state index contributed by atoms with van der Waals surface area (Å²) in [4.78, 5) is 11.7. The third-order valence-electron chi connectivity index (χ3n) is 2.11. The van der Waals surface area contributed by atoms with Crippen molar-refractivity contribution in [3.05, 3.63) is 33.5 Å². The van der Waals surface area contributed by atoms with Crippen molar-refractivity contribution in [3.63, 3.8) is 0 Å². The average molecular weight is 341 g/mol. The molecule has 0 fully saturated rings. The fourth-order valence-electron chi connectivity index (χ4n) is 1.29. The number of nitriles is 1. The van der Waals surface area contributed by atoms with Crippen LogP contribution in [0.2, 0.25) is 5.28 Å². The van der Waals surface area contributed by atoms with Crippen LogP contribution in [0.25, 0.3) is 0 Å². The van der Waals surface area contributed by atoms with Gasteiger partial charge < -0.3 is 10.1 Å². The number of anilines is 2. The van der Waals surface area contributed by atoms with Gasteiger partial charge in [0.05, 0.1) is 24.4 Å². The molecule has 0 aliphatic rings. The molecule has 0 atom stereocenters. The van der Waals surface area contributed by atoms with Crippen LogP contribution in [0.4, 0.5) is 11.6 Å². The number of methoxy groups -OCH3 is 1. The minimum atomic E-state index is 0.0270. The summed E-state index contributed by atoms with van der Waals surface area (Å²) in [7, 11) is 1.44. The highest BCUT2D eigenvalue weighted by Crippen LogP contribution is 2.26. The van der Waals surface area contributed by atoms with Gasteiger partial charge in [-0.05, 0) is 45.7 Å². The van der Waals surface area contributed by atoms with E-state index in [2.05, 4.69) is 36.2 Å². The second-order valence-corrected chi connectivity index (χ2v) is 4.54. The molecule has 6 nitrogen and oxygen atoms in total. The lowest BCUT2D eigenvalue weighted by atomic mass is 10.2. The van der Waals surface area contributed by atoms with Gasteiger partial charge in [-0.1, -0.05) is 0 Å². The Bertz CT molecular complexity index is 658. The Balaban J connectivity index is 2.31. The first-order valence-electron chi connectivity index (χ1n) is 5.04. The van der Waals surface area contributed by atoms with E-state index in [1.54, 1.807) is 18.2 Å². The molecule has 0 radical (unpaired) electrons. The molecule has 2 rings (SSSR count). The maximum Gasteiger partial charge on any atom is 0.322 e. The SMILES string of the molecule is COc1nc(Cl)nc(Nc2ccc(C#N)cc2Br)n1. The van der Waals surface area contributed by atoms with Crippen molar-refractivity contribution in [1.82, 2.24) is 15.0 Å². The predicted molar refractivity (Wildman–Crippen MR) is 73.5 cm³/mol.